The first-order valence-electron chi connectivity index (χ1n) is 5.16. The molecule has 0 unspecified atom stereocenters. The monoisotopic (exact) mass is 206 g/mol. The highest BCUT2D eigenvalue weighted by atomic mass is 15.3. The summed E-state index contributed by atoms with van der Waals surface area (Å²) < 4.78 is 1.89. The van der Waals surface area contributed by atoms with Crippen LogP contribution in [0.3, 0.4) is 0 Å². The molecule has 1 rings (SSSR count). The van der Waals surface area contributed by atoms with E-state index in [2.05, 4.69) is 11.2 Å². The van der Waals surface area contributed by atoms with Crippen LogP contribution in [0, 0.1) is 23.7 Å². The van der Waals surface area contributed by atoms with E-state index in [9.17, 15) is 0 Å². The second kappa shape index (κ2) is 4.35. The van der Waals surface area contributed by atoms with Crippen LogP contribution in [-0.4, -0.2) is 9.78 Å². The Morgan fingerprint density at radius 2 is 2.27 bits per heavy atom. The van der Waals surface area contributed by atoms with Crippen LogP contribution in [0.2, 0.25) is 0 Å². The highest BCUT2D eigenvalue weighted by Gasteiger charge is 2.15. The maximum absolute atomic E-state index is 8.86. The normalized spacial score (nSPS) is 11.3. The third kappa shape index (κ3) is 3.28. The van der Waals surface area contributed by atoms with Crippen molar-refractivity contribution in [1.29, 1.82) is 5.26 Å². The lowest BCUT2D eigenvalue weighted by Gasteiger charge is -2.14. The molecule has 1 aromatic heterocycles. The number of aromatic nitrogens is 2. The van der Waals surface area contributed by atoms with E-state index in [1.807, 2.05) is 31.5 Å². The summed E-state index contributed by atoms with van der Waals surface area (Å²) >= 11 is 0. The molecule has 0 aliphatic rings. The molecule has 15 heavy (non-hydrogen) atoms. The molecular formula is C11H18N4. The van der Waals surface area contributed by atoms with Crippen molar-refractivity contribution in [3.05, 3.63) is 11.8 Å². The third-order valence-electron chi connectivity index (χ3n) is 2.47. The van der Waals surface area contributed by atoms with Crippen molar-refractivity contribution in [2.75, 3.05) is 5.73 Å². The average Bonchev–Trinajstić information content (AvgIpc) is 2.45. The van der Waals surface area contributed by atoms with Crippen molar-refractivity contribution >= 4 is 5.82 Å². The van der Waals surface area contributed by atoms with Crippen LogP contribution in [0.1, 0.15) is 32.4 Å². The summed E-state index contributed by atoms with van der Waals surface area (Å²) in [6.45, 7) is 6.72. The Labute approximate surface area is 90.7 Å². The third-order valence-corrected chi connectivity index (χ3v) is 2.47. The standard InChI is InChI=1S/C11H18N4/c1-9-7-10(13)14-15(9)6-4-5-11(2,3)8-12/h7H,4-6H2,1-3H3,(H2,13,14). The van der Waals surface area contributed by atoms with Crippen molar-refractivity contribution in [2.45, 2.75) is 40.2 Å². The molecule has 1 heterocycles. The van der Waals surface area contributed by atoms with Gasteiger partial charge in [0.2, 0.25) is 0 Å². The lowest BCUT2D eigenvalue weighted by molar-refractivity contribution is 0.405. The number of nitriles is 1. The Morgan fingerprint density at radius 3 is 2.73 bits per heavy atom. The molecule has 0 bridgehead atoms. The number of nitrogens with two attached hydrogens (primary N) is 1. The second-order valence-corrected chi connectivity index (χ2v) is 4.53. The van der Waals surface area contributed by atoms with Crippen LogP contribution in [-0.2, 0) is 6.54 Å². The summed E-state index contributed by atoms with van der Waals surface area (Å²) in [5.74, 6) is 0.562. The Morgan fingerprint density at radius 1 is 1.60 bits per heavy atom. The molecule has 0 amide bonds. The molecule has 0 spiro atoms. The van der Waals surface area contributed by atoms with Crippen molar-refractivity contribution in [3.63, 3.8) is 0 Å². The number of rotatable bonds is 4. The number of nitrogen functional groups attached to an aromatic ring is 1. The molecule has 0 radical (unpaired) electrons. The topological polar surface area (TPSA) is 67.6 Å². The highest BCUT2D eigenvalue weighted by Crippen LogP contribution is 2.21. The van der Waals surface area contributed by atoms with Gasteiger partial charge >= 0.3 is 0 Å². The van der Waals surface area contributed by atoms with Gasteiger partial charge in [-0.2, -0.15) is 10.4 Å². The summed E-state index contributed by atoms with van der Waals surface area (Å²) in [5, 5.41) is 13.0. The van der Waals surface area contributed by atoms with Crippen molar-refractivity contribution < 1.29 is 0 Å². The van der Waals surface area contributed by atoms with Crippen LogP contribution in [0.5, 0.6) is 0 Å². The van der Waals surface area contributed by atoms with Crippen molar-refractivity contribution in [2.24, 2.45) is 5.41 Å². The Bertz CT molecular complexity index is 370. The fourth-order valence-corrected chi connectivity index (χ4v) is 1.49. The van der Waals surface area contributed by atoms with Gasteiger partial charge in [-0.25, -0.2) is 0 Å². The van der Waals surface area contributed by atoms with E-state index >= 15 is 0 Å². The Balaban J connectivity index is 2.46. The van der Waals surface area contributed by atoms with Gasteiger partial charge in [-0.05, 0) is 33.6 Å². The van der Waals surface area contributed by atoms with Crippen molar-refractivity contribution in [3.8, 4) is 6.07 Å². The number of nitrogens with zero attached hydrogens (tertiary/aromatic N) is 3. The fourth-order valence-electron chi connectivity index (χ4n) is 1.49. The van der Waals surface area contributed by atoms with Crippen LogP contribution < -0.4 is 5.73 Å². The number of hydrogen-bond donors (Lipinski definition) is 1. The molecule has 0 aromatic carbocycles. The maximum atomic E-state index is 8.86. The smallest absolute Gasteiger partial charge is 0.145 e. The van der Waals surface area contributed by atoms with Gasteiger partial charge in [0, 0.05) is 18.3 Å². The Hall–Kier alpha value is -1.50. The minimum atomic E-state index is -0.243. The molecule has 4 nitrogen and oxygen atoms in total. The zero-order valence-corrected chi connectivity index (χ0v) is 9.62. The van der Waals surface area contributed by atoms with E-state index in [0.29, 0.717) is 5.82 Å². The lowest BCUT2D eigenvalue weighted by Crippen LogP contribution is -2.10. The average molecular weight is 206 g/mol. The Kier molecular flexibility index (Phi) is 3.35. The van der Waals surface area contributed by atoms with E-state index in [-0.39, 0.29) is 5.41 Å². The van der Waals surface area contributed by atoms with E-state index in [1.54, 1.807) is 0 Å². The number of hydrogen-bond acceptors (Lipinski definition) is 3. The summed E-state index contributed by atoms with van der Waals surface area (Å²) in [6, 6.07) is 4.15. The number of anilines is 1. The van der Waals surface area contributed by atoms with Crippen molar-refractivity contribution in [1.82, 2.24) is 9.78 Å². The van der Waals surface area contributed by atoms with Gasteiger partial charge in [0.25, 0.3) is 0 Å². The minimum Gasteiger partial charge on any atom is -0.382 e. The van der Waals surface area contributed by atoms with E-state index in [0.717, 1.165) is 25.1 Å². The van der Waals surface area contributed by atoms with E-state index in [4.69, 9.17) is 11.0 Å². The van der Waals surface area contributed by atoms with Crippen LogP contribution >= 0.6 is 0 Å². The van der Waals surface area contributed by atoms with Crippen LogP contribution in [0.4, 0.5) is 5.82 Å². The first-order chi connectivity index (χ1) is 6.94. The molecule has 0 atom stereocenters. The molecular weight excluding hydrogens is 188 g/mol. The molecule has 0 saturated heterocycles. The fraction of sp³-hybridized carbons (Fsp3) is 0.636. The predicted molar refractivity (Wildman–Crippen MR) is 60.0 cm³/mol. The van der Waals surface area contributed by atoms with E-state index < -0.39 is 0 Å². The lowest BCUT2D eigenvalue weighted by atomic mass is 9.90. The molecule has 0 fully saturated rings. The van der Waals surface area contributed by atoms with Gasteiger partial charge in [0.1, 0.15) is 5.82 Å². The summed E-state index contributed by atoms with van der Waals surface area (Å²) in [6.07, 6.45) is 1.82. The molecule has 82 valence electrons. The van der Waals surface area contributed by atoms with Gasteiger partial charge < -0.3 is 5.73 Å². The number of aryl methyl sites for hydroxylation is 2. The van der Waals surface area contributed by atoms with Gasteiger partial charge in [0.15, 0.2) is 0 Å². The van der Waals surface area contributed by atoms with Gasteiger partial charge in [-0.1, -0.05) is 0 Å². The molecule has 4 heteroatoms. The first-order valence-corrected chi connectivity index (χ1v) is 5.16. The molecule has 0 aliphatic heterocycles. The van der Waals surface area contributed by atoms with Gasteiger partial charge in [-0.3, -0.25) is 4.68 Å². The maximum Gasteiger partial charge on any atom is 0.145 e. The van der Waals surface area contributed by atoms with E-state index in [1.165, 1.54) is 0 Å². The van der Waals surface area contributed by atoms with Gasteiger partial charge in [-0.15, -0.1) is 0 Å². The van der Waals surface area contributed by atoms with Crippen LogP contribution in [0.15, 0.2) is 6.07 Å². The molecule has 0 aliphatic carbocycles. The zero-order chi connectivity index (χ0) is 11.5. The SMILES string of the molecule is Cc1cc(N)nn1CCCC(C)(C)C#N. The summed E-state index contributed by atoms with van der Waals surface area (Å²) in [4.78, 5) is 0. The second-order valence-electron chi connectivity index (χ2n) is 4.53. The largest absolute Gasteiger partial charge is 0.382 e. The van der Waals surface area contributed by atoms with Crippen LogP contribution in [0.25, 0.3) is 0 Å². The molecule has 2 N–H and O–H groups in total. The molecule has 1 aromatic rings. The predicted octanol–water partition coefficient (Wildman–Crippen LogP) is 2.10. The quantitative estimate of drug-likeness (QED) is 0.820. The molecule has 0 saturated carbocycles. The summed E-state index contributed by atoms with van der Waals surface area (Å²) in [7, 11) is 0. The first kappa shape index (κ1) is 11.6. The van der Waals surface area contributed by atoms with Gasteiger partial charge in [0.05, 0.1) is 11.5 Å². The zero-order valence-electron chi connectivity index (χ0n) is 9.62. The summed E-state index contributed by atoms with van der Waals surface area (Å²) in [5.41, 5.74) is 6.41. The minimum absolute atomic E-state index is 0.243. The highest BCUT2D eigenvalue weighted by molar-refractivity contribution is 5.28.